The second-order valence-corrected chi connectivity index (χ2v) is 5.20. The molecule has 1 saturated carbocycles. The number of aliphatic carboxylic acids is 1. The average Bonchev–Trinajstić information content (AvgIpc) is 3.16. The summed E-state index contributed by atoms with van der Waals surface area (Å²) in [5.74, 6) is -1.72. The summed E-state index contributed by atoms with van der Waals surface area (Å²) in [6.07, 6.45) is 2.06. The summed E-state index contributed by atoms with van der Waals surface area (Å²) in [6.45, 7) is 1.52. The van der Waals surface area contributed by atoms with E-state index >= 15 is 0 Å². The molecule has 0 radical (unpaired) electrons. The highest BCUT2D eigenvalue weighted by Gasteiger charge is 2.49. The lowest BCUT2D eigenvalue weighted by Gasteiger charge is -2.27. The van der Waals surface area contributed by atoms with Gasteiger partial charge in [-0.25, -0.2) is 9.80 Å². The molecule has 19 heavy (non-hydrogen) atoms. The van der Waals surface area contributed by atoms with Crippen molar-refractivity contribution in [2.75, 3.05) is 7.05 Å². The van der Waals surface area contributed by atoms with E-state index in [9.17, 15) is 19.5 Å². The topological polar surface area (TPSA) is 99.1 Å². The van der Waals surface area contributed by atoms with Crippen LogP contribution in [0.1, 0.15) is 32.6 Å². The van der Waals surface area contributed by atoms with Crippen LogP contribution >= 0.6 is 0 Å². The zero-order chi connectivity index (χ0) is 14.2. The van der Waals surface area contributed by atoms with Crippen LogP contribution in [0.15, 0.2) is 5.10 Å². The maximum Gasteiger partial charge on any atom is 0.329 e. The molecule has 7 heteroatoms. The van der Waals surface area contributed by atoms with Crippen molar-refractivity contribution in [2.24, 2.45) is 11.0 Å². The molecule has 1 aliphatic heterocycles. The molecule has 104 valence electrons. The number of carboxylic acids is 1. The molecule has 2 amide bonds. The molecule has 2 rings (SSSR count). The third kappa shape index (κ3) is 2.59. The van der Waals surface area contributed by atoms with Crippen LogP contribution in [0, 0.1) is 5.92 Å². The van der Waals surface area contributed by atoms with Crippen molar-refractivity contribution >= 4 is 23.5 Å². The lowest BCUT2D eigenvalue weighted by molar-refractivity contribution is -0.147. The highest BCUT2D eigenvalue weighted by atomic mass is 16.4. The van der Waals surface area contributed by atoms with Crippen LogP contribution in [0.25, 0.3) is 0 Å². The molecule has 1 unspecified atom stereocenters. The highest BCUT2D eigenvalue weighted by molar-refractivity contribution is 6.40. The number of nitrogens with zero attached hydrogens (tertiary/aromatic N) is 2. The van der Waals surface area contributed by atoms with Gasteiger partial charge in [-0.3, -0.25) is 9.59 Å². The van der Waals surface area contributed by atoms with Gasteiger partial charge in [0, 0.05) is 19.9 Å². The van der Waals surface area contributed by atoms with E-state index in [0.717, 1.165) is 17.9 Å². The molecule has 2 aliphatic rings. The van der Waals surface area contributed by atoms with Crippen LogP contribution in [-0.4, -0.2) is 46.2 Å². The Morgan fingerprint density at radius 3 is 2.53 bits per heavy atom. The predicted molar refractivity (Wildman–Crippen MR) is 66.3 cm³/mol. The molecule has 0 aromatic carbocycles. The fourth-order valence-electron chi connectivity index (χ4n) is 2.13. The van der Waals surface area contributed by atoms with Gasteiger partial charge >= 0.3 is 5.97 Å². The van der Waals surface area contributed by atoms with Gasteiger partial charge in [0.05, 0.1) is 0 Å². The zero-order valence-electron chi connectivity index (χ0n) is 11.0. The van der Waals surface area contributed by atoms with Crippen LogP contribution in [0.4, 0.5) is 0 Å². The van der Waals surface area contributed by atoms with Gasteiger partial charge in [-0.15, -0.1) is 0 Å². The highest BCUT2D eigenvalue weighted by Crippen LogP contribution is 2.39. The molecule has 0 aromatic rings. The summed E-state index contributed by atoms with van der Waals surface area (Å²) < 4.78 is 0. The summed E-state index contributed by atoms with van der Waals surface area (Å²) in [5, 5.41) is 16.8. The summed E-state index contributed by atoms with van der Waals surface area (Å²) >= 11 is 0. The Bertz CT molecular complexity index is 470. The molecule has 0 bridgehead atoms. The number of hydrazone groups is 1. The molecule has 1 heterocycles. The van der Waals surface area contributed by atoms with E-state index in [0.29, 0.717) is 0 Å². The number of nitrogens with one attached hydrogen (secondary N) is 1. The van der Waals surface area contributed by atoms with E-state index in [2.05, 4.69) is 10.4 Å². The molecule has 1 aliphatic carbocycles. The predicted octanol–water partition coefficient (Wildman–Crippen LogP) is -0.0359. The largest absolute Gasteiger partial charge is 0.480 e. The number of hydrogen-bond donors (Lipinski definition) is 2. The third-order valence-electron chi connectivity index (χ3n) is 3.68. The standard InChI is InChI=1S/C12H17N3O4/c1-12(11(18)19,7-3-4-7)13-10(17)8-5-6-9(16)15(2)14-8/h7H,3-6H2,1-2H3,(H,13,17)(H,18,19). The molecule has 1 atom stereocenters. The molecular weight excluding hydrogens is 250 g/mol. The summed E-state index contributed by atoms with van der Waals surface area (Å²) in [6, 6.07) is 0. The Balaban J connectivity index is 2.10. The monoisotopic (exact) mass is 267 g/mol. The maximum absolute atomic E-state index is 12.1. The van der Waals surface area contributed by atoms with E-state index in [1.807, 2.05) is 0 Å². The molecule has 1 fully saturated rings. The van der Waals surface area contributed by atoms with E-state index < -0.39 is 17.4 Å². The second kappa shape index (κ2) is 4.64. The smallest absolute Gasteiger partial charge is 0.329 e. The lowest BCUT2D eigenvalue weighted by Crippen LogP contribution is -2.56. The average molecular weight is 267 g/mol. The van der Waals surface area contributed by atoms with Gasteiger partial charge in [0.15, 0.2) is 0 Å². The molecular formula is C12H17N3O4. The number of carbonyl (C=O) groups is 3. The van der Waals surface area contributed by atoms with E-state index in [4.69, 9.17) is 0 Å². The van der Waals surface area contributed by atoms with Gasteiger partial charge in [0.1, 0.15) is 11.3 Å². The SMILES string of the molecule is CN1N=C(C(=O)NC(C)(C(=O)O)C2CC2)CCC1=O. The minimum atomic E-state index is -1.25. The van der Waals surface area contributed by atoms with E-state index in [-0.39, 0.29) is 30.4 Å². The molecule has 2 N–H and O–H groups in total. The van der Waals surface area contributed by atoms with Crippen LogP contribution < -0.4 is 5.32 Å². The molecule has 0 spiro atoms. The van der Waals surface area contributed by atoms with Crippen molar-refractivity contribution in [3.05, 3.63) is 0 Å². The van der Waals surface area contributed by atoms with Gasteiger partial charge in [0.2, 0.25) is 5.91 Å². The van der Waals surface area contributed by atoms with Gasteiger partial charge < -0.3 is 10.4 Å². The van der Waals surface area contributed by atoms with Crippen LogP contribution in [-0.2, 0) is 14.4 Å². The van der Waals surface area contributed by atoms with Crippen molar-refractivity contribution in [1.82, 2.24) is 10.3 Å². The quantitative estimate of drug-likeness (QED) is 0.746. The van der Waals surface area contributed by atoms with Crippen molar-refractivity contribution in [3.8, 4) is 0 Å². The molecule has 7 nitrogen and oxygen atoms in total. The number of rotatable bonds is 4. The van der Waals surface area contributed by atoms with Crippen molar-refractivity contribution in [2.45, 2.75) is 38.1 Å². The Labute approximate surface area is 110 Å². The van der Waals surface area contributed by atoms with Crippen LogP contribution in [0.2, 0.25) is 0 Å². The van der Waals surface area contributed by atoms with Crippen LogP contribution in [0.3, 0.4) is 0 Å². The Morgan fingerprint density at radius 1 is 1.42 bits per heavy atom. The third-order valence-corrected chi connectivity index (χ3v) is 3.68. The lowest BCUT2D eigenvalue weighted by atomic mass is 9.95. The molecule has 0 saturated heterocycles. The minimum absolute atomic E-state index is 0.0301. The fraction of sp³-hybridized carbons (Fsp3) is 0.667. The van der Waals surface area contributed by atoms with Gasteiger partial charge in [-0.05, 0) is 25.7 Å². The summed E-state index contributed by atoms with van der Waals surface area (Å²) in [4.78, 5) is 34.6. The first-order valence-corrected chi connectivity index (χ1v) is 6.24. The Hall–Kier alpha value is -1.92. The first kappa shape index (κ1) is 13.5. The first-order chi connectivity index (χ1) is 8.84. The number of amides is 2. The first-order valence-electron chi connectivity index (χ1n) is 6.24. The normalized spacial score (nSPS) is 22.5. The minimum Gasteiger partial charge on any atom is -0.480 e. The number of carbonyl (C=O) groups excluding carboxylic acids is 2. The summed E-state index contributed by atoms with van der Waals surface area (Å²) in [5.41, 5.74) is -1.05. The summed E-state index contributed by atoms with van der Waals surface area (Å²) in [7, 11) is 1.48. The maximum atomic E-state index is 12.1. The van der Waals surface area contributed by atoms with Gasteiger partial charge in [0.25, 0.3) is 5.91 Å². The Morgan fingerprint density at radius 2 is 2.05 bits per heavy atom. The zero-order valence-corrected chi connectivity index (χ0v) is 11.0. The van der Waals surface area contributed by atoms with E-state index in [1.165, 1.54) is 14.0 Å². The van der Waals surface area contributed by atoms with E-state index in [1.54, 1.807) is 0 Å². The van der Waals surface area contributed by atoms with Crippen molar-refractivity contribution < 1.29 is 19.5 Å². The van der Waals surface area contributed by atoms with Crippen LogP contribution in [0.5, 0.6) is 0 Å². The number of hydrogen-bond acceptors (Lipinski definition) is 4. The van der Waals surface area contributed by atoms with Gasteiger partial charge in [-0.2, -0.15) is 5.10 Å². The van der Waals surface area contributed by atoms with Crippen molar-refractivity contribution in [1.29, 1.82) is 0 Å². The van der Waals surface area contributed by atoms with Gasteiger partial charge in [-0.1, -0.05) is 0 Å². The fourth-order valence-corrected chi connectivity index (χ4v) is 2.13. The Kier molecular flexibility index (Phi) is 3.30. The number of carboxylic acid groups (broad SMARTS) is 1. The molecule has 0 aromatic heterocycles. The van der Waals surface area contributed by atoms with Crippen molar-refractivity contribution in [3.63, 3.8) is 0 Å². The second-order valence-electron chi connectivity index (χ2n) is 5.20.